The molecule has 0 saturated heterocycles. The molecule has 114 valence electrons. The number of hydrogen-bond donors (Lipinski definition) is 1. The van der Waals surface area contributed by atoms with Crippen LogP contribution in [0.15, 0.2) is 36.4 Å². The lowest BCUT2D eigenvalue weighted by atomic mass is 9.93. The molecule has 2 aromatic rings. The lowest BCUT2D eigenvalue weighted by Gasteiger charge is -2.27. The highest BCUT2D eigenvalue weighted by atomic mass is 16.5. The predicted molar refractivity (Wildman–Crippen MR) is 88.4 cm³/mol. The van der Waals surface area contributed by atoms with Crippen LogP contribution in [-0.2, 0) is 12.8 Å². The second-order valence-electron chi connectivity index (χ2n) is 5.74. The van der Waals surface area contributed by atoms with Gasteiger partial charge in [0.15, 0.2) is 11.5 Å². The summed E-state index contributed by atoms with van der Waals surface area (Å²) in [6.07, 6.45) is 1.97. The zero-order chi connectivity index (χ0) is 15.7. The van der Waals surface area contributed by atoms with E-state index < -0.39 is 0 Å². The van der Waals surface area contributed by atoms with E-state index >= 15 is 0 Å². The summed E-state index contributed by atoms with van der Waals surface area (Å²) in [5, 5.41) is 0. The van der Waals surface area contributed by atoms with Crippen molar-refractivity contribution >= 4 is 11.5 Å². The summed E-state index contributed by atoms with van der Waals surface area (Å²) in [5.74, 6) is 0.644. The Labute approximate surface area is 131 Å². The molecule has 0 spiro atoms. The summed E-state index contributed by atoms with van der Waals surface area (Å²) in [5.41, 5.74) is 10.6. The van der Waals surface area contributed by atoms with Gasteiger partial charge in [0, 0.05) is 0 Å². The standard InChI is InChI=1S/C19H21NO2/c1-3-12-5-7-14(8-6-12)18-11-17(21)15-9-13(4-2)10-16(20)19(15)22-18/h5-10,18H,3-4,11,20H2,1-2H3. The molecular formula is C19H21NO2. The fourth-order valence-electron chi connectivity index (χ4n) is 2.87. The average Bonchev–Trinajstić information content (AvgIpc) is 2.55. The summed E-state index contributed by atoms with van der Waals surface area (Å²) in [6.45, 7) is 4.17. The van der Waals surface area contributed by atoms with Gasteiger partial charge in [-0.1, -0.05) is 38.1 Å². The lowest BCUT2D eigenvalue weighted by molar-refractivity contribution is 0.0851. The Morgan fingerprint density at radius 1 is 1.09 bits per heavy atom. The van der Waals surface area contributed by atoms with E-state index in [2.05, 4.69) is 19.1 Å². The largest absolute Gasteiger partial charge is 0.482 e. The zero-order valence-corrected chi connectivity index (χ0v) is 13.1. The number of rotatable bonds is 3. The number of aryl methyl sites for hydroxylation is 2. The molecule has 0 aromatic heterocycles. The normalized spacial score (nSPS) is 17.0. The van der Waals surface area contributed by atoms with Crippen molar-refractivity contribution in [2.45, 2.75) is 39.2 Å². The molecule has 0 amide bonds. The van der Waals surface area contributed by atoms with Gasteiger partial charge in [-0.2, -0.15) is 0 Å². The highest BCUT2D eigenvalue weighted by Crippen LogP contribution is 2.39. The van der Waals surface area contributed by atoms with Crippen LogP contribution < -0.4 is 10.5 Å². The van der Waals surface area contributed by atoms with Crippen LogP contribution in [-0.4, -0.2) is 5.78 Å². The Balaban J connectivity index is 1.94. The molecule has 2 aromatic carbocycles. The molecule has 1 aliphatic heterocycles. The third-order valence-electron chi connectivity index (χ3n) is 4.28. The topological polar surface area (TPSA) is 52.3 Å². The first-order valence-corrected chi connectivity index (χ1v) is 7.83. The van der Waals surface area contributed by atoms with E-state index in [0.29, 0.717) is 23.4 Å². The maximum absolute atomic E-state index is 12.5. The minimum Gasteiger partial charge on any atom is -0.482 e. The number of hydrogen-bond acceptors (Lipinski definition) is 3. The van der Waals surface area contributed by atoms with Gasteiger partial charge >= 0.3 is 0 Å². The third-order valence-corrected chi connectivity index (χ3v) is 4.28. The van der Waals surface area contributed by atoms with Gasteiger partial charge in [-0.15, -0.1) is 0 Å². The van der Waals surface area contributed by atoms with E-state index in [4.69, 9.17) is 10.5 Å². The average molecular weight is 295 g/mol. The van der Waals surface area contributed by atoms with Crippen LogP contribution >= 0.6 is 0 Å². The third kappa shape index (κ3) is 2.59. The maximum Gasteiger partial charge on any atom is 0.170 e. The van der Waals surface area contributed by atoms with Crippen molar-refractivity contribution in [2.75, 3.05) is 5.73 Å². The van der Waals surface area contributed by atoms with E-state index in [1.165, 1.54) is 5.56 Å². The number of benzene rings is 2. The van der Waals surface area contributed by atoms with Gasteiger partial charge in [0.2, 0.25) is 0 Å². The first-order chi connectivity index (χ1) is 10.6. The highest BCUT2D eigenvalue weighted by Gasteiger charge is 2.29. The van der Waals surface area contributed by atoms with Crippen LogP contribution in [0.3, 0.4) is 0 Å². The fourth-order valence-corrected chi connectivity index (χ4v) is 2.87. The molecule has 1 unspecified atom stereocenters. The molecule has 1 atom stereocenters. The number of nitrogen functional groups attached to an aromatic ring is 1. The van der Waals surface area contributed by atoms with E-state index in [-0.39, 0.29) is 11.9 Å². The Morgan fingerprint density at radius 3 is 2.41 bits per heavy atom. The number of nitrogens with two attached hydrogens (primary N) is 1. The van der Waals surface area contributed by atoms with Gasteiger partial charge in [-0.25, -0.2) is 0 Å². The Hall–Kier alpha value is -2.29. The molecule has 1 aliphatic rings. The summed E-state index contributed by atoms with van der Waals surface area (Å²) in [6, 6.07) is 12.1. The van der Waals surface area contributed by atoms with E-state index in [1.807, 2.05) is 31.2 Å². The van der Waals surface area contributed by atoms with Gasteiger partial charge in [-0.05, 0) is 41.7 Å². The monoisotopic (exact) mass is 295 g/mol. The van der Waals surface area contributed by atoms with Crippen LogP contribution in [0, 0.1) is 0 Å². The fraction of sp³-hybridized carbons (Fsp3) is 0.316. The summed E-state index contributed by atoms with van der Waals surface area (Å²) < 4.78 is 6.05. The minimum absolute atomic E-state index is 0.104. The van der Waals surface area contributed by atoms with Crippen molar-refractivity contribution in [3.8, 4) is 5.75 Å². The van der Waals surface area contributed by atoms with E-state index in [9.17, 15) is 4.79 Å². The van der Waals surface area contributed by atoms with Crippen molar-refractivity contribution in [1.82, 2.24) is 0 Å². The van der Waals surface area contributed by atoms with Crippen LogP contribution in [0.25, 0.3) is 0 Å². The van der Waals surface area contributed by atoms with Crippen LogP contribution in [0.1, 0.15) is 53.4 Å². The molecular weight excluding hydrogens is 274 g/mol. The van der Waals surface area contributed by atoms with Crippen LogP contribution in [0.5, 0.6) is 5.75 Å². The van der Waals surface area contributed by atoms with Crippen molar-refractivity contribution in [2.24, 2.45) is 0 Å². The number of fused-ring (bicyclic) bond motifs is 1. The first kappa shape index (κ1) is 14.6. The number of anilines is 1. The van der Waals surface area contributed by atoms with Crippen molar-refractivity contribution < 1.29 is 9.53 Å². The van der Waals surface area contributed by atoms with Crippen molar-refractivity contribution in [3.63, 3.8) is 0 Å². The van der Waals surface area contributed by atoms with Gasteiger partial charge in [-0.3, -0.25) is 4.79 Å². The van der Waals surface area contributed by atoms with Gasteiger partial charge < -0.3 is 10.5 Å². The number of ketones is 1. The SMILES string of the molecule is CCc1ccc(C2CC(=O)c3cc(CC)cc(N)c3O2)cc1. The molecule has 3 nitrogen and oxygen atoms in total. The number of carbonyl (C=O) groups is 1. The zero-order valence-electron chi connectivity index (χ0n) is 13.1. The first-order valence-electron chi connectivity index (χ1n) is 7.83. The summed E-state index contributed by atoms with van der Waals surface area (Å²) in [4.78, 5) is 12.5. The Morgan fingerprint density at radius 2 is 1.77 bits per heavy atom. The second kappa shape index (κ2) is 5.84. The van der Waals surface area contributed by atoms with Crippen LogP contribution in [0.4, 0.5) is 5.69 Å². The van der Waals surface area contributed by atoms with Crippen LogP contribution in [0.2, 0.25) is 0 Å². The molecule has 0 aliphatic carbocycles. The Kier molecular flexibility index (Phi) is 3.88. The second-order valence-corrected chi connectivity index (χ2v) is 5.74. The lowest BCUT2D eigenvalue weighted by Crippen LogP contribution is -2.21. The smallest absolute Gasteiger partial charge is 0.170 e. The van der Waals surface area contributed by atoms with E-state index in [1.54, 1.807) is 0 Å². The maximum atomic E-state index is 12.5. The molecule has 1 heterocycles. The van der Waals surface area contributed by atoms with Crippen molar-refractivity contribution in [3.05, 3.63) is 58.7 Å². The highest BCUT2D eigenvalue weighted by molar-refractivity contribution is 6.01. The molecule has 22 heavy (non-hydrogen) atoms. The quantitative estimate of drug-likeness (QED) is 0.867. The summed E-state index contributed by atoms with van der Waals surface area (Å²) in [7, 11) is 0. The predicted octanol–water partition coefficient (Wildman–Crippen LogP) is 4.10. The van der Waals surface area contributed by atoms with E-state index in [0.717, 1.165) is 24.0 Å². The van der Waals surface area contributed by atoms with Gasteiger partial charge in [0.1, 0.15) is 6.10 Å². The minimum atomic E-state index is -0.249. The molecule has 0 saturated carbocycles. The molecule has 0 fully saturated rings. The molecule has 3 rings (SSSR count). The molecule has 3 heteroatoms. The van der Waals surface area contributed by atoms with Gasteiger partial charge in [0.05, 0.1) is 17.7 Å². The van der Waals surface area contributed by atoms with Crippen molar-refractivity contribution in [1.29, 1.82) is 0 Å². The molecule has 0 bridgehead atoms. The number of carbonyl (C=O) groups excluding carboxylic acids is 1. The molecule has 2 N–H and O–H groups in total. The van der Waals surface area contributed by atoms with Gasteiger partial charge in [0.25, 0.3) is 0 Å². The number of ether oxygens (including phenoxy) is 1. The Bertz CT molecular complexity index is 704. The molecule has 0 radical (unpaired) electrons. The summed E-state index contributed by atoms with van der Waals surface area (Å²) >= 11 is 0. The number of Topliss-reactive ketones (excluding diaryl/α,β-unsaturated/α-hetero) is 1.